The van der Waals surface area contributed by atoms with Crippen LogP contribution >= 0.6 is 0 Å². The summed E-state index contributed by atoms with van der Waals surface area (Å²) in [5.41, 5.74) is 2.74. The standard InChI is InChI=1S/C22H29N5O2/c1-23-21-18-14-27(22(28)15-6-4-8-17(12-15)29-3)11-9-19(18)24-20(25-21)16-7-5-10-26(2)13-16/h4,6,8,12,16H,5,7,9-11,13-14H2,1-3H3,(H,23,24,25)/t16-/m1/s1. The number of rotatable bonds is 4. The molecule has 2 aliphatic rings. The average molecular weight is 396 g/mol. The summed E-state index contributed by atoms with van der Waals surface area (Å²) < 4.78 is 5.26. The van der Waals surface area contributed by atoms with Crippen molar-refractivity contribution in [2.75, 3.05) is 46.2 Å². The third-order valence-electron chi connectivity index (χ3n) is 5.91. The lowest BCUT2D eigenvalue weighted by Crippen LogP contribution is -2.37. The molecule has 7 nitrogen and oxygen atoms in total. The van der Waals surface area contributed by atoms with Crippen LogP contribution in [0.5, 0.6) is 5.75 Å². The van der Waals surface area contributed by atoms with Gasteiger partial charge in [-0.1, -0.05) is 6.07 Å². The molecule has 1 amide bonds. The zero-order chi connectivity index (χ0) is 20.4. The number of ether oxygens (including phenoxy) is 1. The lowest BCUT2D eigenvalue weighted by Gasteiger charge is -2.32. The third kappa shape index (κ3) is 4.05. The highest BCUT2D eigenvalue weighted by atomic mass is 16.5. The first-order valence-electron chi connectivity index (χ1n) is 10.3. The number of hydrogen-bond donors (Lipinski definition) is 1. The largest absolute Gasteiger partial charge is 0.497 e. The topological polar surface area (TPSA) is 70.6 Å². The maximum absolute atomic E-state index is 13.0. The van der Waals surface area contributed by atoms with E-state index in [4.69, 9.17) is 14.7 Å². The number of aromatic nitrogens is 2. The number of methoxy groups -OCH3 is 1. The van der Waals surface area contributed by atoms with E-state index < -0.39 is 0 Å². The first-order chi connectivity index (χ1) is 14.1. The Morgan fingerprint density at radius 2 is 2.14 bits per heavy atom. The van der Waals surface area contributed by atoms with Gasteiger partial charge in [-0.2, -0.15) is 0 Å². The van der Waals surface area contributed by atoms with Gasteiger partial charge in [-0.3, -0.25) is 4.79 Å². The van der Waals surface area contributed by atoms with Gasteiger partial charge in [0.15, 0.2) is 0 Å². The molecule has 0 spiro atoms. The summed E-state index contributed by atoms with van der Waals surface area (Å²) in [6.45, 7) is 3.32. The predicted octanol–water partition coefficient (Wildman–Crippen LogP) is 2.53. The number of benzene rings is 1. The SMILES string of the molecule is CNc1nc([C@@H]2CCCN(C)C2)nc2c1CN(C(=O)c1cccc(OC)c1)CC2. The van der Waals surface area contributed by atoms with Gasteiger partial charge in [0.05, 0.1) is 19.3 Å². The van der Waals surface area contributed by atoms with E-state index in [1.54, 1.807) is 13.2 Å². The molecular weight excluding hydrogens is 366 g/mol. The summed E-state index contributed by atoms with van der Waals surface area (Å²) in [5.74, 6) is 2.86. The van der Waals surface area contributed by atoms with Gasteiger partial charge in [0.1, 0.15) is 17.4 Å². The molecule has 0 saturated carbocycles. The van der Waals surface area contributed by atoms with Crippen molar-refractivity contribution in [1.29, 1.82) is 0 Å². The van der Waals surface area contributed by atoms with Crippen LogP contribution in [0.4, 0.5) is 5.82 Å². The highest BCUT2D eigenvalue weighted by Gasteiger charge is 2.28. The Labute approximate surface area is 172 Å². The molecule has 1 fully saturated rings. The van der Waals surface area contributed by atoms with E-state index in [-0.39, 0.29) is 5.91 Å². The molecule has 29 heavy (non-hydrogen) atoms. The summed E-state index contributed by atoms with van der Waals surface area (Å²) >= 11 is 0. The van der Waals surface area contributed by atoms with Crippen LogP contribution in [0.15, 0.2) is 24.3 Å². The van der Waals surface area contributed by atoms with Crippen molar-refractivity contribution in [1.82, 2.24) is 19.8 Å². The monoisotopic (exact) mass is 395 g/mol. The average Bonchev–Trinajstić information content (AvgIpc) is 2.77. The van der Waals surface area contributed by atoms with Crippen LogP contribution in [0.2, 0.25) is 0 Å². The Morgan fingerprint density at radius 1 is 1.28 bits per heavy atom. The number of carbonyl (C=O) groups is 1. The minimum Gasteiger partial charge on any atom is -0.497 e. The van der Waals surface area contributed by atoms with Crippen LogP contribution in [-0.2, 0) is 13.0 Å². The lowest BCUT2D eigenvalue weighted by atomic mass is 9.96. The molecule has 7 heteroatoms. The second kappa shape index (κ2) is 8.37. The fourth-order valence-corrected chi connectivity index (χ4v) is 4.31. The highest BCUT2D eigenvalue weighted by Crippen LogP contribution is 2.30. The molecule has 4 rings (SSSR count). The van der Waals surface area contributed by atoms with Crippen molar-refractivity contribution in [2.45, 2.75) is 31.7 Å². The zero-order valence-corrected chi connectivity index (χ0v) is 17.4. The fraction of sp³-hybridized carbons (Fsp3) is 0.500. The molecule has 1 N–H and O–H groups in total. The predicted molar refractivity (Wildman–Crippen MR) is 112 cm³/mol. The van der Waals surface area contributed by atoms with E-state index in [0.717, 1.165) is 48.8 Å². The molecule has 1 aromatic heterocycles. The Kier molecular flexibility index (Phi) is 5.67. The minimum absolute atomic E-state index is 0.00887. The number of fused-ring (bicyclic) bond motifs is 1. The van der Waals surface area contributed by atoms with Gasteiger partial charge < -0.3 is 19.9 Å². The zero-order valence-electron chi connectivity index (χ0n) is 17.4. The lowest BCUT2D eigenvalue weighted by molar-refractivity contribution is 0.0733. The van der Waals surface area contributed by atoms with Crippen molar-refractivity contribution < 1.29 is 9.53 Å². The molecule has 1 atom stereocenters. The van der Waals surface area contributed by atoms with Crippen molar-refractivity contribution in [3.05, 3.63) is 46.9 Å². The van der Waals surface area contributed by atoms with E-state index >= 15 is 0 Å². The van der Waals surface area contributed by atoms with Crippen LogP contribution in [0, 0.1) is 0 Å². The summed E-state index contributed by atoms with van der Waals surface area (Å²) in [6.07, 6.45) is 3.06. The van der Waals surface area contributed by atoms with Crippen molar-refractivity contribution in [3.8, 4) is 5.75 Å². The highest BCUT2D eigenvalue weighted by molar-refractivity contribution is 5.94. The minimum atomic E-state index is 0.00887. The van der Waals surface area contributed by atoms with E-state index in [1.165, 1.54) is 6.42 Å². The van der Waals surface area contributed by atoms with Gasteiger partial charge >= 0.3 is 0 Å². The molecule has 0 aliphatic carbocycles. The van der Waals surface area contributed by atoms with E-state index in [9.17, 15) is 4.79 Å². The van der Waals surface area contributed by atoms with Gasteiger partial charge in [-0.25, -0.2) is 9.97 Å². The summed E-state index contributed by atoms with van der Waals surface area (Å²) in [7, 11) is 5.66. The second-order valence-corrected chi connectivity index (χ2v) is 7.92. The van der Waals surface area contributed by atoms with Crippen LogP contribution in [-0.4, -0.2) is 66.5 Å². The fourth-order valence-electron chi connectivity index (χ4n) is 4.31. The Hall–Kier alpha value is -2.67. The van der Waals surface area contributed by atoms with E-state index in [0.29, 0.717) is 30.3 Å². The van der Waals surface area contributed by atoms with Crippen molar-refractivity contribution in [3.63, 3.8) is 0 Å². The Balaban J connectivity index is 1.58. The molecular formula is C22H29N5O2. The van der Waals surface area contributed by atoms with E-state index in [2.05, 4.69) is 17.3 Å². The molecule has 1 saturated heterocycles. The number of likely N-dealkylation sites (N-methyl/N-ethyl adjacent to an activating group) is 1. The maximum atomic E-state index is 13.0. The molecule has 0 radical (unpaired) electrons. The van der Waals surface area contributed by atoms with Crippen LogP contribution in [0.3, 0.4) is 0 Å². The molecule has 154 valence electrons. The molecule has 1 aromatic carbocycles. The van der Waals surface area contributed by atoms with E-state index in [1.807, 2.05) is 30.1 Å². The number of anilines is 1. The van der Waals surface area contributed by atoms with Gasteiger partial charge in [0.2, 0.25) is 0 Å². The Morgan fingerprint density at radius 3 is 2.90 bits per heavy atom. The molecule has 3 heterocycles. The number of nitrogens with one attached hydrogen (secondary N) is 1. The van der Waals surface area contributed by atoms with Gasteiger partial charge in [0.25, 0.3) is 5.91 Å². The smallest absolute Gasteiger partial charge is 0.254 e. The maximum Gasteiger partial charge on any atom is 0.254 e. The van der Waals surface area contributed by atoms with Crippen molar-refractivity contribution >= 4 is 11.7 Å². The molecule has 0 unspecified atom stereocenters. The number of hydrogen-bond acceptors (Lipinski definition) is 6. The van der Waals surface area contributed by atoms with Crippen LogP contribution < -0.4 is 10.1 Å². The normalized spacial score (nSPS) is 19.6. The number of amides is 1. The van der Waals surface area contributed by atoms with Crippen molar-refractivity contribution in [2.24, 2.45) is 0 Å². The number of piperidine rings is 1. The van der Waals surface area contributed by atoms with Gasteiger partial charge in [0, 0.05) is 43.6 Å². The van der Waals surface area contributed by atoms with Crippen LogP contribution in [0.1, 0.15) is 46.2 Å². The third-order valence-corrected chi connectivity index (χ3v) is 5.91. The number of nitrogens with zero attached hydrogens (tertiary/aromatic N) is 4. The molecule has 0 bridgehead atoms. The number of carbonyl (C=O) groups excluding carboxylic acids is 1. The summed E-state index contributed by atoms with van der Waals surface area (Å²) in [5, 5.41) is 3.24. The van der Waals surface area contributed by atoms with Crippen LogP contribution in [0.25, 0.3) is 0 Å². The molecule has 2 aliphatic heterocycles. The quantitative estimate of drug-likeness (QED) is 0.858. The summed E-state index contributed by atoms with van der Waals surface area (Å²) in [4.78, 5) is 27.0. The first kappa shape index (κ1) is 19.6. The number of likely N-dealkylation sites (tertiary alicyclic amines) is 1. The first-order valence-corrected chi connectivity index (χ1v) is 10.3. The summed E-state index contributed by atoms with van der Waals surface area (Å²) in [6, 6.07) is 7.31. The Bertz CT molecular complexity index is 884. The second-order valence-electron chi connectivity index (χ2n) is 7.92. The van der Waals surface area contributed by atoms with Gasteiger partial charge in [-0.15, -0.1) is 0 Å². The molecule has 2 aromatic rings. The van der Waals surface area contributed by atoms with Gasteiger partial charge in [-0.05, 0) is 44.6 Å².